The molecule has 0 spiro atoms. The number of rotatable bonds is 5. The highest BCUT2D eigenvalue weighted by Gasteiger charge is 2.15. The van der Waals surface area contributed by atoms with Crippen LogP contribution in [0.3, 0.4) is 0 Å². The normalized spacial score (nSPS) is 10.1. The number of thiocarbonyl (C=S) groups is 1. The number of amides is 1. The summed E-state index contributed by atoms with van der Waals surface area (Å²) < 4.78 is 31.1. The number of methoxy groups -OCH3 is 1. The van der Waals surface area contributed by atoms with E-state index in [1.54, 1.807) is 7.11 Å². The lowest BCUT2D eigenvalue weighted by molar-refractivity contribution is 0.0882. The van der Waals surface area contributed by atoms with Gasteiger partial charge < -0.3 is 10.1 Å². The summed E-state index contributed by atoms with van der Waals surface area (Å²) in [7, 11) is 3.12. The molecule has 21 heavy (non-hydrogen) atoms. The van der Waals surface area contributed by atoms with Crippen molar-refractivity contribution in [3.63, 3.8) is 0 Å². The molecular formula is C13H17F2N3O2S. The first-order valence-electron chi connectivity index (χ1n) is 6.22. The molecule has 1 amide bonds. The predicted octanol–water partition coefficient (Wildman–Crippen LogP) is 1.45. The number of nitrogens with one attached hydrogen (secondary N) is 2. The molecule has 0 unspecified atom stereocenters. The summed E-state index contributed by atoms with van der Waals surface area (Å²) >= 11 is 5.05. The third-order valence-corrected chi connectivity index (χ3v) is 2.97. The smallest absolute Gasteiger partial charge is 0.272 e. The first kappa shape index (κ1) is 17.3. The van der Waals surface area contributed by atoms with E-state index >= 15 is 0 Å². The zero-order valence-electron chi connectivity index (χ0n) is 11.8. The number of carbonyl (C=O) groups excluding carboxylic acids is 1. The molecule has 1 rings (SSSR count). The van der Waals surface area contributed by atoms with Gasteiger partial charge in [0.2, 0.25) is 0 Å². The number of ether oxygens (including phenoxy) is 1. The lowest BCUT2D eigenvalue weighted by Crippen LogP contribution is -2.48. The number of hydrogen-bond donors (Lipinski definition) is 2. The van der Waals surface area contributed by atoms with Crippen molar-refractivity contribution in [3.8, 4) is 0 Å². The number of halogens is 2. The van der Waals surface area contributed by atoms with Crippen LogP contribution in [0.4, 0.5) is 8.78 Å². The molecule has 0 aliphatic rings. The predicted molar refractivity (Wildman–Crippen MR) is 78.7 cm³/mol. The van der Waals surface area contributed by atoms with Gasteiger partial charge in [-0.25, -0.2) is 8.78 Å². The molecule has 2 N–H and O–H groups in total. The summed E-state index contributed by atoms with van der Waals surface area (Å²) in [6.45, 7) is 1.17. The Morgan fingerprint density at radius 3 is 2.76 bits per heavy atom. The molecule has 116 valence electrons. The van der Waals surface area contributed by atoms with Gasteiger partial charge in [-0.05, 0) is 30.8 Å². The second-order valence-corrected chi connectivity index (χ2v) is 4.59. The molecule has 0 radical (unpaired) electrons. The highest BCUT2D eigenvalue weighted by atomic mass is 32.1. The van der Waals surface area contributed by atoms with E-state index in [0.29, 0.717) is 19.2 Å². The van der Waals surface area contributed by atoms with Crippen LogP contribution >= 0.6 is 12.2 Å². The number of benzene rings is 1. The van der Waals surface area contributed by atoms with Crippen LogP contribution < -0.4 is 10.7 Å². The highest BCUT2D eigenvalue weighted by Crippen LogP contribution is 2.09. The Hall–Kier alpha value is -1.80. The summed E-state index contributed by atoms with van der Waals surface area (Å²) in [5, 5.41) is 4.44. The molecule has 0 fully saturated rings. The van der Waals surface area contributed by atoms with E-state index in [1.807, 2.05) is 0 Å². The largest absolute Gasteiger partial charge is 0.385 e. The van der Waals surface area contributed by atoms with Gasteiger partial charge in [-0.1, -0.05) is 0 Å². The fraction of sp³-hybridized carbons (Fsp3) is 0.385. The summed E-state index contributed by atoms with van der Waals surface area (Å²) in [5.74, 6) is -2.39. The molecule has 1 aromatic rings. The maximum atomic E-state index is 13.5. The molecule has 0 aromatic heterocycles. The number of hydrogen-bond acceptors (Lipinski definition) is 3. The Balaban J connectivity index is 2.51. The highest BCUT2D eigenvalue weighted by molar-refractivity contribution is 7.80. The minimum atomic E-state index is -0.931. The van der Waals surface area contributed by atoms with Gasteiger partial charge >= 0.3 is 0 Å². The van der Waals surface area contributed by atoms with Crippen molar-refractivity contribution in [2.24, 2.45) is 0 Å². The van der Waals surface area contributed by atoms with Gasteiger partial charge in [-0.15, -0.1) is 0 Å². The lowest BCUT2D eigenvalue weighted by Gasteiger charge is -2.21. The standard InChI is InChI=1S/C13H17F2N3O2S/c1-18(13(21)16-6-3-7-20-2)17-12(19)10-5-4-9(14)8-11(10)15/h4-5,8H,3,6-7H2,1-2H3,(H,16,21)(H,17,19). The molecule has 0 aliphatic carbocycles. The number of carbonyl (C=O) groups is 1. The fourth-order valence-electron chi connectivity index (χ4n) is 1.47. The maximum Gasteiger partial charge on any atom is 0.272 e. The van der Waals surface area contributed by atoms with E-state index in [1.165, 1.54) is 12.1 Å². The van der Waals surface area contributed by atoms with Crippen molar-refractivity contribution < 1.29 is 18.3 Å². The van der Waals surface area contributed by atoms with Crippen LogP contribution in [-0.4, -0.2) is 43.3 Å². The Labute approximate surface area is 127 Å². The minimum absolute atomic E-state index is 0.259. The van der Waals surface area contributed by atoms with Gasteiger partial charge in [0, 0.05) is 33.4 Å². The number of nitrogens with zero attached hydrogens (tertiary/aromatic N) is 1. The molecule has 1 aromatic carbocycles. The van der Waals surface area contributed by atoms with Crippen molar-refractivity contribution in [1.82, 2.24) is 15.8 Å². The molecule has 8 heteroatoms. The van der Waals surface area contributed by atoms with E-state index in [9.17, 15) is 13.6 Å². The second kappa shape index (κ2) is 8.48. The maximum absolute atomic E-state index is 13.5. The van der Waals surface area contributed by atoms with Gasteiger partial charge in [0.05, 0.1) is 5.56 Å². The van der Waals surface area contributed by atoms with E-state index < -0.39 is 17.5 Å². The van der Waals surface area contributed by atoms with Crippen molar-refractivity contribution in [2.75, 3.05) is 27.3 Å². The zero-order chi connectivity index (χ0) is 15.8. The van der Waals surface area contributed by atoms with Gasteiger partial charge in [-0.3, -0.25) is 15.2 Å². The van der Waals surface area contributed by atoms with Crippen LogP contribution in [0.2, 0.25) is 0 Å². The summed E-state index contributed by atoms with van der Waals surface area (Å²) in [5.41, 5.74) is 2.14. The Kier molecular flexibility index (Phi) is 6.97. The van der Waals surface area contributed by atoms with Crippen molar-refractivity contribution >= 4 is 23.2 Å². The van der Waals surface area contributed by atoms with Crippen LogP contribution in [0.1, 0.15) is 16.8 Å². The SMILES string of the molecule is COCCCNC(=S)N(C)NC(=O)c1ccc(F)cc1F. The van der Waals surface area contributed by atoms with Crippen LogP contribution in [0.5, 0.6) is 0 Å². The third kappa shape index (κ3) is 5.60. The van der Waals surface area contributed by atoms with E-state index in [4.69, 9.17) is 17.0 Å². The van der Waals surface area contributed by atoms with Crippen LogP contribution in [0.15, 0.2) is 18.2 Å². The van der Waals surface area contributed by atoms with Crippen LogP contribution in [0, 0.1) is 11.6 Å². The van der Waals surface area contributed by atoms with Gasteiger partial charge in [0.1, 0.15) is 11.6 Å². The second-order valence-electron chi connectivity index (χ2n) is 4.20. The molecule has 0 atom stereocenters. The summed E-state index contributed by atoms with van der Waals surface area (Å²) in [4.78, 5) is 11.8. The summed E-state index contributed by atoms with van der Waals surface area (Å²) in [6, 6.07) is 2.73. The van der Waals surface area contributed by atoms with E-state index in [0.717, 1.165) is 18.6 Å². The van der Waals surface area contributed by atoms with Crippen molar-refractivity contribution in [1.29, 1.82) is 0 Å². The Morgan fingerprint density at radius 2 is 2.14 bits per heavy atom. The third-order valence-electron chi connectivity index (χ3n) is 2.55. The minimum Gasteiger partial charge on any atom is -0.385 e. The van der Waals surface area contributed by atoms with E-state index in [-0.39, 0.29) is 10.7 Å². The molecule has 0 aliphatic heterocycles. The fourth-order valence-corrected chi connectivity index (χ4v) is 1.62. The summed E-state index contributed by atoms with van der Waals surface area (Å²) in [6.07, 6.45) is 0.755. The van der Waals surface area contributed by atoms with Crippen molar-refractivity contribution in [3.05, 3.63) is 35.4 Å². The first-order valence-corrected chi connectivity index (χ1v) is 6.63. The molecule has 0 heterocycles. The number of hydrazine groups is 1. The van der Waals surface area contributed by atoms with Crippen LogP contribution in [-0.2, 0) is 4.74 Å². The van der Waals surface area contributed by atoms with E-state index in [2.05, 4.69) is 10.7 Å². The molecule has 0 saturated carbocycles. The quantitative estimate of drug-likeness (QED) is 0.489. The molecular weight excluding hydrogens is 300 g/mol. The molecule has 0 saturated heterocycles. The average Bonchev–Trinajstić information content (AvgIpc) is 2.43. The van der Waals surface area contributed by atoms with Gasteiger partial charge in [-0.2, -0.15) is 0 Å². The van der Waals surface area contributed by atoms with Crippen LogP contribution in [0.25, 0.3) is 0 Å². The zero-order valence-corrected chi connectivity index (χ0v) is 12.6. The monoisotopic (exact) mass is 317 g/mol. The topological polar surface area (TPSA) is 53.6 Å². The molecule has 5 nitrogen and oxygen atoms in total. The van der Waals surface area contributed by atoms with Gasteiger partial charge in [0.15, 0.2) is 5.11 Å². The average molecular weight is 317 g/mol. The Bertz CT molecular complexity index is 514. The Morgan fingerprint density at radius 1 is 1.43 bits per heavy atom. The van der Waals surface area contributed by atoms with Crippen molar-refractivity contribution in [2.45, 2.75) is 6.42 Å². The first-order chi connectivity index (χ1) is 9.95. The van der Waals surface area contributed by atoms with Gasteiger partial charge in [0.25, 0.3) is 5.91 Å². The lowest BCUT2D eigenvalue weighted by atomic mass is 10.2. The molecule has 0 bridgehead atoms.